The Bertz CT molecular complexity index is 281. The Kier molecular flexibility index (Phi) is 3.83. The van der Waals surface area contributed by atoms with E-state index in [1.54, 1.807) is 11.8 Å². The van der Waals surface area contributed by atoms with Crippen LogP contribution in [-0.2, 0) is 11.3 Å². The number of nitrogens with one attached hydrogen (secondary N) is 1. The van der Waals surface area contributed by atoms with Crippen molar-refractivity contribution in [3.8, 4) is 0 Å². The van der Waals surface area contributed by atoms with Crippen LogP contribution in [0.25, 0.3) is 0 Å². The van der Waals surface area contributed by atoms with Crippen LogP contribution in [-0.4, -0.2) is 12.2 Å². The summed E-state index contributed by atoms with van der Waals surface area (Å²) < 4.78 is 0. The van der Waals surface area contributed by atoms with E-state index < -0.39 is 0 Å². The number of hydrogen-bond acceptors (Lipinski definition) is 2. The summed E-state index contributed by atoms with van der Waals surface area (Å²) in [6, 6.07) is 8.17. The maximum Gasteiger partial charge on any atom is 0.217 e. The largest absolute Gasteiger partial charge is 0.352 e. The predicted molar refractivity (Wildman–Crippen MR) is 55.7 cm³/mol. The fourth-order valence-electron chi connectivity index (χ4n) is 0.970. The second-order valence-corrected chi connectivity index (χ2v) is 3.64. The molecule has 1 aromatic rings. The summed E-state index contributed by atoms with van der Waals surface area (Å²) in [5, 5.41) is 2.75. The van der Waals surface area contributed by atoms with Crippen molar-refractivity contribution in [3.63, 3.8) is 0 Å². The number of thioether (sulfide) groups is 1. The summed E-state index contributed by atoms with van der Waals surface area (Å²) in [4.78, 5) is 11.9. The highest BCUT2D eigenvalue weighted by Gasteiger charge is 1.94. The quantitative estimate of drug-likeness (QED) is 0.748. The molecular weight excluding hydrogens is 182 g/mol. The van der Waals surface area contributed by atoms with Gasteiger partial charge < -0.3 is 5.32 Å². The molecule has 0 heterocycles. The third kappa shape index (κ3) is 3.51. The van der Waals surface area contributed by atoms with E-state index in [-0.39, 0.29) is 5.91 Å². The van der Waals surface area contributed by atoms with Crippen molar-refractivity contribution < 1.29 is 4.79 Å². The summed E-state index contributed by atoms with van der Waals surface area (Å²) in [7, 11) is 0. The van der Waals surface area contributed by atoms with E-state index in [0.29, 0.717) is 6.54 Å². The molecule has 1 rings (SSSR count). The summed E-state index contributed by atoms with van der Waals surface area (Å²) in [6.07, 6.45) is 2.04. The van der Waals surface area contributed by atoms with Gasteiger partial charge in [0.25, 0.3) is 0 Å². The van der Waals surface area contributed by atoms with E-state index in [0.717, 1.165) is 5.56 Å². The first kappa shape index (κ1) is 10.1. The van der Waals surface area contributed by atoms with Crippen molar-refractivity contribution in [1.82, 2.24) is 5.32 Å². The van der Waals surface area contributed by atoms with Crippen LogP contribution in [0.5, 0.6) is 0 Å². The molecule has 0 aliphatic heterocycles. The Labute approximate surface area is 82.7 Å². The van der Waals surface area contributed by atoms with Crippen LogP contribution in [0.15, 0.2) is 29.2 Å². The van der Waals surface area contributed by atoms with Crippen LogP contribution in [0.4, 0.5) is 0 Å². The molecule has 1 amide bonds. The molecule has 0 saturated heterocycles. The molecule has 0 radical (unpaired) electrons. The summed E-state index contributed by atoms with van der Waals surface area (Å²) in [5.74, 6) is 0.00828. The lowest BCUT2D eigenvalue weighted by Crippen LogP contribution is -2.18. The SMILES string of the molecule is CSc1ccc(CNC(C)=O)cc1. The zero-order valence-electron chi connectivity index (χ0n) is 7.83. The van der Waals surface area contributed by atoms with Crippen LogP contribution in [0.3, 0.4) is 0 Å². The Morgan fingerprint density at radius 2 is 2.00 bits per heavy atom. The highest BCUT2D eigenvalue weighted by Crippen LogP contribution is 2.14. The van der Waals surface area contributed by atoms with Crippen molar-refractivity contribution in [1.29, 1.82) is 0 Å². The maximum atomic E-state index is 10.6. The molecule has 70 valence electrons. The van der Waals surface area contributed by atoms with Crippen molar-refractivity contribution in [3.05, 3.63) is 29.8 Å². The average Bonchev–Trinajstić information content (AvgIpc) is 2.15. The van der Waals surface area contributed by atoms with Crippen LogP contribution in [0.1, 0.15) is 12.5 Å². The van der Waals surface area contributed by atoms with Crippen LogP contribution in [0, 0.1) is 0 Å². The fourth-order valence-corrected chi connectivity index (χ4v) is 1.38. The van der Waals surface area contributed by atoms with Crippen LogP contribution in [0.2, 0.25) is 0 Å². The molecule has 0 saturated carbocycles. The van der Waals surface area contributed by atoms with Gasteiger partial charge in [0.05, 0.1) is 0 Å². The van der Waals surface area contributed by atoms with Gasteiger partial charge in [-0.2, -0.15) is 0 Å². The number of amides is 1. The fraction of sp³-hybridized carbons (Fsp3) is 0.300. The van der Waals surface area contributed by atoms with Gasteiger partial charge in [0.15, 0.2) is 0 Å². The molecule has 2 nitrogen and oxygen atoms in total. The van der Waals surface area contributed by atoms with Gasteiger partial charge in [-0.25, -0.2) is 0 Å². The van der Waals surface area contributed by atoms with Gasteiger partial charge in [-0.3, -0.25) is 4.79 Å². The Balaban J connectivity index is 2.54. The van der Waals surface area contributed by atoms with Crippen LogP contribution < -0.4 is 5.32 Å². The van der Waals surface area contributed by atoms with E-state index in [2.05, 4.69) is 17.4 Å². The lowest BCUT2D eigenvalue weighted by Gasteiger charge is -2.02. The van der Waals surface area contributed by atoms with E-state index in [1.165, 1.54) is 11.8 Å². The first-order chi connectivity index (χ1) is 6.22. The van der Waals surface area contributed by atoms with E-state index >= 15 is 0 Å². The molecule has 1 aromatic carbocycles. The minimum Gasteiger partial charge on any atom is -0.352 e. The third-order valence-corrected chi connectivity index (χ3v) is 2.44. The second kappa shape index (κ2) is 4.92. The number of rotatable bonds is 3. The first-order valence-electron chi connectivity index (χ1n) is 4.09. The monoisotopic (exact) mass is 195 g/mol. The molecule has 0 spiro atoms. The van der Waals surface area contributed by atoms with Crippen molar-refractivity contribution in [2.45, 2.75) is 18.4 Å². The molecule has 0 aliphatic carbocycles. The zero-order valence-corrected chi connectivity index (χ0v) is 8.65. The molecule has 0 unspecified atom stereocenters. The Morgan fingerprint density at radius 1 is 1.38 bits per heavy atom. The molecule has 0 bridgehead atoms. The molecule has 0 atom stereocenters. The van der Waals surface area contributed by atoms with E-state index in [9.17, 15) is 4.79 Å². The smallest absolute Gasteiger partial charge is 0.217 e. The van der Waals surface area contributed by atoms with Gasteiger partial charge in [0.2, 0.25) is 5.91 Å². The molecule has 0 aromatic heterocycles. The number of carbonyl (C=O) groups excluding carboxylic acids is 1. The van der Waals surface area contributed by atoms with E-state index in [4.69, 9.17) is 0 Å². The predicted octanol–water partition coefficient (Wildman–Crippen LogP) is 2.04. The topological polar surface area (TPSA) is 29.1 Å². The highest BCUT2D eigenvalue weighted by atomic mass is 32.2. The van der Waals surface area contributed by atoms with Gasteiger partial charge in [0.1, 0.15) is 0 Å². The average molecular weight is 195 g/mol. The molecule has 1 N–H and O–H groups in total. The van der Waals surface area contributed by atoms with Crippen molar-refractivity contribution in [2.24, 2.45) is 0 Å². The summed E-state index contributed by atoms with van der Waals surface area (Å²) >= 11 is 1.71. The van der Waals surface area contributed by atoms with Gasteiger partial charge >= 0.3 is 0 Å². The van der Waals surface area contributed by atoms with Gasteiger partial charge in [-0.05, 0) is 24.0 Å². The normalized spacial score (nSPS) is 9.69. The second-order valence-electron chi connectivity index (χ2n) is 2.76. The van der Waals surface area contributed by atoms with Gasteiger partial charge in [0, 0.05) is 18.4 Å². The minimum absolute atomic E-state index is 0.00828. The minimum atomic E-state index is 0.00828. The standard InChI is InChI=1S/C10H13NOS/c1-8(12)11-7-9-3-5-10(13-2)6-4-9/h3-6H,7H2,1-2H3,(H,11,12). The first-order valence-corrected chi connectivity index (χ1v) is 5.32. The van der Waals surface area contributed by atoms with Gasteiger partial charge in [-0.15, -0.1) is 11.8 Å². The van der Waals surface area contributed by atoms with Crippen LogP contribution >= 0.6 is 11.8 Å². The number of hydrogen-bond donors (Lipinski definition) is 1. The Hall–Kier alpha value is -0.960. The molecule has 3 heteroatoms. The highest BCUT2D eigenvalue weighted by molar-refractivity contribution is 7.98. The maximum absolute atomic E-state index is 10.6. The lowest BCUT2D eigenvalue weighted by atomic mass is 10.2. The molecular formula is C10H13NOS. The molecule has 0 aliphatic rings. The van der Waals surface area contributed by atoms with E-state index in [1.807, 2.05) is 18.4 Å². The zero-order chi connectivity index (χ0) is 9.68. The third-order valence-electron chi connectivity index (χ3n) is 1.70. The summed E-state index contributed by atoms with van der Waals surface area (Å²) in [6.45, 7) is 2.14. The molecule has 0 fully saturated rings. The number of benzene rings is 1. The molecule has 13 heavy (non-hydrogen) atoms. The van der Waals surface area contributed by atoms with Crippen molar-refractivity contribution in [2.75, 3.05) is 6.26 Å². The Morgan fingerprint density at radius 3 is 2.46 bits per heavy atom. The van der Waals surface area contributed by atoms with Crippen molar-refractivity contribution >= 4 is 17.7 Å². The summed E-state index contributed by atoms with van der Waals surface area (Å²) in [5.41, 5.74) is 1.13. The number of carbonyl (C=O) groups is 1. The van der Waals surface area contributed by atoms with Gasteiger partial charge in [-0.1, -0.05) is 12.1 Å². The lowest BCUT2D eigenvalue weighted by molar-refractivity contribution is -0.119.